The molecule has 6 heteroatoms. The van der Waals surface area contributed by atoms with Gasteiger partial charge >= 0.3 is 11.9 Å². The topological polar surface area (TPSA) is 45.8 Å². The SMILES string of the molecule is CC(C)(C)c1[nH]c(=O)nc2ccc(C(F)(F)F)cc12. The van der Waals surface area contributed by atoms with Gasteiger partial charge in [-0.2, -0.15) is 18.2 Å². The molecule has 0 atom stereocenters. The molecule has 0 aliphatic heterocycles. The molecule has 0 spiro atoms. The Morgan fingerprint density at radius 1 is 1.16 bits per heavy atom. The second-order valence-electron chi connectivity index (χ2n) is 5.40. The third-order valence-corrected chi connectivity index (χ3v) is 2.80. The van der Waals surface area contributed by atoms with Gasteiger partial charge in [0.1, 0.15) is 0 Å². The number of hydrogen-bond acceptors (Lipinski definition) is 2. The standard InChI is InChI=1S/C13H13F3N2O/c1-12(2,3)10-8-6-7(13(14,15)16)4-5-9(8)17-11(19)18-10/h4-6H,1-3H3,(H,17,18,19). The zero-order valence-corrected chi connectivity index (χ0v) is 10.7. The zero-order valence-electron chi connectivity index (χ0n) is 10.7. The molecule has 1 N–H and O–H groups in total. The number of H-pyrrole nitrogens is 1. The molecule has 0 aliphatic carbocycles. The summed E-state index contributed by atoms with van der Waals surface area (Å²) in [5.74, 6) is 0. The summed E-state index contributed by atoms with van der Waals surface area (Å²) in [6.45, 7) is 5.45. The molecule has 3 nitrogen and oxygen atoms in total. The van der Waals surface area contributed by atoms with Crippen LogP contribution in [0.5, 0.6) is 0 Å². The van der Waals surface area contributed by atoms with Crippen molar-refractivity contribution in [3.8, 4) is 0 Å². The maximum atomic E-state index is 12.7. The predicted octanol–water partition coefficient (Wildman–Crippen LogP) is 3.24. The summed E-state index contributed by atoms with van der Waals surface area (Å²) < 4.78 is 38.2. The van der Waals surface area contributed by atoms with Crippen LogP contribution in [0, 0.1) is 0 Å². The number of nitrogens with one attached hydrogen (secondary N) is 1. The van der Waals surface area contributed by atoms with Gasteiger partial charge in [-0.1, -0.05) is 20.8 Å². The van der Waals surface area contributed by atoms with Gasteiger partial charge in [0.2, 0.25) is 0 Å². The van der Waals surface area contributed by atoms with E-state index in [1.807, 2.05) is 20.8 Å². The molecule has 0 unspecified atom stereocenters. The van der Waals surface area contributed by atoms with Crippen LogP contribution < -0.4 is 5.69 Å². The first kappa shape index (κ1) is 13.6. The van der Waals surface area contributed by atoms with Gasteiger partial charge in [0.05, 0.1) is 11.1 Å². The number of aromatic nitrogens is 2. The van der Waals surface area contributed by atoms with Crippen LogP contribution in [0.25, 0.3) is 10.9 Å². The van der Waals surface area contributed by atoms with Crippen molar-refractivity contribution in [1.82, 2.24) is 9.97 Å². The fourth-order valence-corrected chi connectivity index (χ4v) is 1.91. The van der Waals surface area contributed by atoms with Crippen molar-refractivity contribution in [3.63, 3.8) is 0 Å². The Labute approximate surface area is 107 Å². The Bertz CT molecular complexity index is 681. The van der Waals surface area contributed by atoms with Crippen LogP contribution in [0.4, 0.5) is 13.2 Å². The van der Waals surface area contributed by atoms with E-state index in [1.165, 1.54) is 6.07 Å². The van der Waals surface area contributed by atoms with Gasteiger partial charge < -0.3 is 4.98 Å². The van der Waals surface area contributed by atoms with E-state index in [0.29, 0.717) is 11.1 Å². The highest BCUT2D eigenvalue weighted by molar-refractivity contribution is 5.82. The van der Waals surface area contributed by atoms with Crippen molar-refractivity contribution in [2.24, 2.45) is 0 Å². The van der Waals surface area contributed by atoms with Crippen LogP contribution in [0.1, 0.15) is 32.0 Å². The fraction of sp³-hybridized carbons (Fsp3) is 0.385. The smallest absolute Gasteiger partial charge is 0.309 e. The Morgan fingerprint density at radius 2 is 1.79 bits per heavy atom. The normalized spacial score (nSPS) is 12.9. The van der Waals surface area contributed by atoms with E-state index in [1.54, 1.807) is 0 Å². The summed E-state index contributed by atoms with van der Waals surface area (Å²) in [6, 6.07) is 3.18. The summed E-state index contributed by atoms with van der Waals surface area (Å²) in [6.07, 6.45) is -4.42. The highest BCUT2D eigenvalue weighted by atomic mass is 19.4. The molecule has 1 heterocycles. The number of hydrogen-bond donors (Lipinski definition) is 1. The first-order valence-electron chi connectivity index (χ1n) is 5.71. The summed E-state index contributed by atoms with van der Waals surface area (Å²) in [7, 11) is 0. The lowest BCUT2D eigenvalue weighted by molar-refractivity contribution is -0.137. The molecule has 2 rings (SSSR count). The van der Waals surface area contributed by atoms with Crippen LogP contribution in [0.2, 0.25) is 0 Å². The average molecular weight is 270 g/mol. The lowest BCUT2D eigenvalue weighted by atomic mass is 9.89. The minimum Gasteiger partial charge on any atom is -0.309 e. The second kappa shape index (κ2) is 4.08. The van der Waals surface area contributed by atoms with Crippen LogP contribution in [0.3, 0.4) is 0 Å². The molecule has 0 saturated carbocycles. The number of fused-ring (bicyclic) bond motifs is 1. The van der Waals surface area contributed by atoms with E-state index in [2.05, 4.69) is 9.97 Å². The van der Waals surface area contributed by atoms with Gasteiger partial charge in [-0.15, -0.1) is 0 Å². The Morgan fingerprint density at radius 3 is 2.32 bits per heavy atom. The number of aromatic amines is 1. The molecule has 0 fully saturated rings. The molecule has 0 radical (unpaired) electrons. The van der Waals surface area contributed by atoms with Crippen LogP contribution in [0.15, 0.2) is 23.0 Å². The lowest BCUT2D eigenvalue weighted by Crippen LogP contribution is -2.22. The molecule has 19 heavy (non-hydrogen) atoms. The molecule has 102 valence electrons. The van der Waals surface area contributed by atoms with E-state index in [-0.39, 0.29) is 5.52 Å². The van der Waals surface area contributed by atoms with Gasteiger partial charge in [-0.3, -0.25) is 0 Å². The predicted molar refractivity (Wildman–Crippen MR) is 66.1 cm³/mol. The zero-order chi connectivity index (χ0) is 14.4. The highest BCUT2D eigenvalue weighted by Crippen LogP contribution is 2.33. The Kier molecular flexibility index (Phi) is 2.91. The third-order valence-electron chi connectivity index (χ3n) is 2.80. The molecule has 2 aromatic rings. The number of halogens is 3. The Balaban J connectivity index is 2.84. The van der Waals surface area contributed by atoms with Crippen LogP contribution in [-0.2, 0) is 11.6 Å². The van der Waals surface area contributed by atoms with Crippen molar-refractivity contribution in [2.75, 3.05) is 0 Å². The number of alkyl halides is 3. The van der Waals surface area contributed by atoms with Gasteiger partial charge in [-0.25, -0.2) is 4.79 Å². The summed E-state index contributed by atoms with van der Waals surface area (Å²) >= 11 is 0. The number of benzene rings is 1. The molecular formula is C13H13F3N2O. The Hall–Kier alpha value is -1.85. The largest absolute Gasteiger partial charge is 0.416 e. The van der Waals surface area contributed by atoms with Crippen molar-refractivity contribution in [3.05, 3.63) is 39.9 Å². The summed E-state index contributed by atoms with van der Waals surface area (Å²) in [4.78, 5) is 17.7. The molecule has 0 amide bonds. The molecule has 0 saturated heterocycles. The highest BCUT2D eigenvalue weighted by Gasteiger charge is 2.31. The molecule has 0 bridgehead atoms. The average Bonchev–Trinajstić information content (AvgIpc) is 2.24. The fourth-order valence-electron chi connectivity index (χ4n) is 1.91. The molecule has 0 aliphatic rings. The van der Waals surface area contributed by atoms with Gasteiger partial charge in [0.15, 0.2) is 0 Å². The number of rotatable bonds is 0. The van der Waals surface area contributed by atoms with E-state index in [9.17, 15) is 18.0 Å². The minimum atomic E-state index is -4.42. The maximum Gasteiger partial charge on any atom is 0.416 e. The van der Waals surface area contributed by atoms with Crippen LogP contribution >= 0.6 is 0 Å². The summed E-state index contributed by atoms with van der Waals surface area (Å²) in [5.41, 5.74) is -1.07. The van der Waals surface area contributed by atoms with E-state index in [4.69, 9.17) is 0 Å². The van der Waals surface area contributed by atoms with E-state index < -0.39 is 22.8 Å². The maximum absolute atomic E-state index is 12.7. The molecule has 1 aromatic heterocycles. The van der Waals surface area contributed by atoms with E-state index in [0.717, 1.165) is 12.1 Å². The van der Waals surface area contributed by atoms with Crippen molar-refractivity contribution >= 4 is 10.9 Å². The first-order chi connectivity index (χ1) is 8.59. The van der Waals surface area contributed by atoms with Gasteiger partial charge in [-0.05, 0) is 18.2 Å². The first-order valence-corrected chi connectivity index (χ1v) is 5.71. The van der Waals surface area contributed by atoms with Crippen molar-refractivity contribution < 1.29 is 13.2 Å². The quantitative estimate of drug-likeness (QED) is 0.798. The lowest BCUT2D eigenvalue weighted by Gasteiger charge is -2.20. The van der Waals surface area contributed by atoms with E-state index >= 15 is 0 Å². The van der Waals surface area contributed by atoms with Crippen molar-refractivity contribution in [1.29, 1.82) is 0 Å². The monoisotopic (exact) mass is 270 g/mol. The number of nitrogens with zero attached hydrogens (tertiary/aromatic N) is 1. The summed E-state index contributed by atoms with van der Waals surface area (Å²) in [5, 5.41) is 0.321. The van der Waals surface area contributed by atoms with Gasteiger partial charge in [0.25, 0.3) is 0 Å². The molecular weight excluding hydrogens is 257 g/mol. The second-order valence-corrected chi connectivity index (χ2v) is 5.40. The van der Waals surface area contributed by atoms with Gasteiger partial charge in [0, 0.05) is 16.5 Å². The molecule has 1 aromatic carbocycles. The third kappa shape index (κ3) is 2.62. The van der Waals surface area contributed by atoms with Crippen LogP contribution in [-0.4, -0.2) is 9.97 Å². The van der Waals surface area contributed by atoms with Crippen molar-refractivity contribution in [2.45, 2.75) is 32.4 Å². The minimum absolute atomic E-state index is 0.265.